The van der Waals surface area contributed by atoms with E-state index in [-0.39, 0.29) is 0 Å². The van der Waals surface area contributed by atoms with E-state index in [2.05, 4.69) is 12.2 Å². The van der Waals surface area contributed by atoms with Crippen LogP contribution in [0.2, 0.25) is 0 Å². The van der Waals surface area contributed by atoms with Crippen LogP contribution in [0.25, 0.3) is 0 Å². The second kappa shape index (κ2) is 4.98. The summed E-state index contributed by atoms with van der Waals surface area (Å²) in [6, 6.07) is 6.04. The van der Waals surface area contributed by atoms with Crippen molar-refractivity contribution >= 4 is 5.69 Å². The summed E-state index contributed by atoms with van der Waals surface area (Å²) in [4.78, 5) is 0. The molecule has 78 valence electrons. The van der Waals surface area contributed by atoms with Crippen LogP contribution in [0.3, 0.4) is 0 Å². The number of aryl methyl sites for hydroxylation is 1. The molecule has 1 aromatic rings. The summed E-state index contributed by atoms with van der Waals surface area (Å²) in [5.41, 5.74) is 8.91. The molecule has 0 aliphatic rings. The smallest absolute Gasteiger partial charge is 0.121 e. The van der Waals surface area contributed by atoms with Crippen molar-refractivity contribution in [2.45, 2.75) is 26.5 Å². The van der Waals surface area contributed by atoms with Crippen LogP contribution in [-0.2, 0) is 6.42 Å². The van der Waals surface area contributed by atoms with Crippen LogP contribution in [0.1, 0.15) is 18.1 Å². The molecule has 0 saturated carbocycles. The van der Waals surface area contributed by atoms with E-state index in [0.717, 1.165) is 12.1 Å². The molecule has 0 aromatic heterocycles. The first-order chi connectivity index (χ1) is 6.63. The molecule has 0 fully saturated rings. The number of aliphatic hydroxyl groups is 1. The maximum Gasteiger partial charge on any atom is 0.121 e. The molecule has 4 N–H and O–H groups in total. The summed E-state index contributed by atoms with van der Waals surface area (Å²) in [6.07, 6.45) is 0.385. The minimum absolute atomic E-state index is 0.519. The van der Waals surface area contributed by atoms with Gasteiger partial charge >= 0.3 is 0 Å². The van der Waals surface area contributed by atoms with Gasteiger partial charge in [-0.3, -0.25) is 0 Å². The van der Waals surface area contributed by atoms with E-state index in [1.807, 2.05) is 18.2 Å². The maximum absolute atomic E-state index is 9.14. The summed E-state index contributed by atoms with van der Waals surface area (Å²) < 4.78 is 0. The number of hydrogen-bond acceptors (Lipinski definition) is 3. The summed E-state index contributed by atoms with van der Waals surface area (Å²) in [6.45, 7) is 4.42. The second-order valence-electron chi connectivity index (χ2n) is 3.50. The van der Waals surface area contributed by atoms with E-state index < -0.39 is 6.23 Å². The highest BCUT2D eigenvalue weighted by molar-refractivity contribution is 5.48. The SMILES string of the molecule is Cc1cc(NC(C)O)ccc1CCN. The number of aliphatic hydroxyl groups excluding tert-OH is 1. The normalized spacial score (nSPS) is 12.6. The lowest BCUT2D eigenvalue weighted by atomic mass is 10.1. The number of nitrogens with two attached hydrogens (primary N) is 1. The molecule has 3 nitrogen and oxygen atoms in total. The van der Waals surface area contributed by atoms with Crippen LogP contribution < -0.4 is 11.1 Å². The predicted molar refractivity (Wildman–Crippen MR) is 59.2 cm³/mol. The molecule has 1 atom stereocenters. The van der Waals surface area contributed by atoms with Gasteiger partial charge in [-0.15, -0.1) is 0 Å². The van der Waals surface area contributed by atoms with Crippen molar-refractivity contribution in [1.29, 1.82) is 0 Å². The number of hydrogen-bond donors (Lipinski definition) is 3. The lowest BCUT2D eigenvalue weighted by molar-refractivity contribution is 0.224. The van der Waals surface area contributed by atoms with Gasteiger partial charge in [0.05, 0.1) is 0 Å². The van der Waals surface area contributed by atoms with Gasteiger partial charge in [-0.25, -0.2) is 0 Å². The van der Waals surface area contributed by atoms with E-state index in [0.29, 0.717) is 6.54 Å². The summed E-state index contributed by atoms with van der Waals surface area (Å²) >= 11 is 0. The van der Waals surface area contributed by atoms with Gasteiger partial charge in [0, 0.05) is 5.69 Å². The third-order valence-corrected chi connectivity index (χ3v) is 2.13. The first-order valence-electron chi connectivity index (χ1n) is 4.87. The molecule has 0 spiro atoms. The first-order valence-corrected chi connectivity index (χ1v) is 4.87. The molecule has 0 bridgehead atoms. The van der Waals surface area contributed by atoms with Gasteiger partial charge in [-0.1, -0.05) is 6.07 Å². The van der Waals surface area contributed by atoms with Crippen LogP contribution in [0.5, 0.6) is 0 Å². The van der Waals surface area contributed by atoms with Crippen LogP contribution >= 0.6 is 0 Å². The van der Waals surface area contributed by atoms with Gasteiger partial charge in [0.2, 0.25) is 0 Å². The van der Waals surface area contributed by atoms with Gasteiger partial charge in [0.1, 0.15) is 6.23 Å². The zero-order valence-electron chi connectivity index (χ0n) is 8.75. The van der Waals surface area contributed by atoms with Gasteiger partial charge < -0.3 is 16.2 Å². The van der Waals surface area contributed by atoms with Crippen molar-refractivity contribution in [3.05, 3.63) is 29.3 Å². The highest BCUT2D eigenvalue weighted by Gasteiger charge is 2.00. The molecular formula is C11H18N2O. The zero-order valence-corrected chi connectivity index (χ0v) is 8.75. The highest BCUT2D eigenvalue weighted by Crippen LogP contribution is 2.15. The van der Waals surface area contributed by atoms with E-state index in [1.54, 1.807) is 6.92 Å². The zero-order chi connectivity index (χ0) is 10.6. The maximum atomic E-state index is 9.14. The third kappa shape index (κ3) is 3.01. The van der Waals surface area contributed by atoms with Gasteiger partial charge in [0.25, 0.3) is 0 Å². The third-order valence-electron chi connectivity index (χ3n) is 2.13. The van der Waals surface area contributed by atoms with Crippen LogP contribution in [0, 0.1) is 6.92 Å². The van der Waals surface area contributed by atoms with Crippen molar-refractivity contribution in [3.8, 4) is 0 Å². The molecular weight excluding hydrogens is 176 g/mol. The van der Waals surface area contributed by atoms with Gasteiger partial charge in [0.15, 0.2) is 0 Å². The summed E-state index contributed by atoms with van der Waals surface area (Å²) in [5.74, 6) is 0. The Morgan fingerprint density at radius 2 is 2.21 bits per heavy atom. The molecule has 0 amide bonds. The minimum atomic E-state index is -0.519. The highest BCUT2D eigenvalue weighted by atomic mass is 16.3. The summed E-state index contributed by atoms with van der Waals surface area (Å²) in [7, 11) is 0. The quantitative estimate of drug-likeness (QED) is 0.632. The summed E-state index contributed by atoms with van der Waals surface area (Å²) in [5, 5.41) is 12.1. The topological polar surface area (TPSA) is 58.3 Å². The Bertz CT molecular complexity index is 297. The molecule has 1 rings (SSSR count). The number of nitrogens with one attached hydrogen (secondary N) is 1. The van der Waals surface area contributed by atoms with Gasteiger partial charge in [-0.2, -0.15) is 0 Å². The number of rotatable bonds is 4. The number of anilines is 1. The Kier molecular flexibility index (Phi) is 3.92. The van der Waals surface area contributed by atoms with Crippen molar-refractivity contribution in [3.63, 3.8) is 0 Å². The molecule has 0 aliphatic heterocycles. The molecule has 0 aliphatic carbocycles. The lowest BCUT2D eigenvalue weighted by Crippen LogP contribution is -2.13. The second-order valence-corrected chi connectivity index (χ2v) is 3.50. The Hall–Kier alpha value is -1.06. The molecule has 1 unspecified atom stereocenters. The Morgan fingerprint density at radius 3 is 2.71 bits per heavy atom. The fourth-order valence-electron chi connectivity index (χ4n) is 1.46. The average molecular weight is 194 g/mol. The first kappa shape index (κ1) is 11.0. The van der Waals surface area contributed by atoms with Gasteiger partial charge in [-0.05, 0) is 50.1 Å². The van der Waals surface area contributed by atoms with E-state index in [9.17, 15) is 0 Å². The largest absolute Gasteiger partial charge is 0.374 e. The van der Waals surface area contributed by atoms with Crippen molar-refractivity contribution in [1.82, 2.24) is 0 Å². The van der Waals surface area contributed by atoms with Crippen molar-refractivity contribution < 1.29 is 5.11 Å². The van der Waals surface area contributed by atoms with Crippen molar-refractivity contribution in [2.75, 3.05) is 11.9 Å². The Morgan fingerprint density at radius 1 is 1.50 bits per heavy atom. The number of benzene rings is 1. The van der Waals surface area contributed by atoms with E-state index >= 15 is 0 Å². The van der Waals surface area contributed by atoms with E-state index in [1.165, 1.54) is 11.1 Å². The molecule has 0 saturated heterocycles. The predicted octanol–water partition coefficient (Wildman–Crippen LogP) is 1.25. The van der Waals surface area contributed by atoms with Crippen LogP contribution in [-0.4, -0.2) is 17.9 Å². The molecule has 0 radical (unpaired) electrons. The van der Waals surface area contributed by atoms with E-state index in [4.69, 9.17) is 10.8 Å². The Balaban J connectivity index is 2.78. The minimum Gasteiger partial charge on any atom is -0.374 e. The van der Waals surface area contributed by atoms with Crippen LogP contribution in [0.4, 0.5) is 5.69 Å². The fourth-order valence-corrected chi connectivity index (χ4v) is 1.46. The monoisotopic (exact) mass is 194 g/mol. The average Bonchev–Trinajstić information content (AvgIpc) is 2.09. The molecule has 3 heteroatoms. The molecule has 1 aromatic carbocycles. The fraction of sp³-hybridized carbons (Fsp3) is 0.455. The molecule has 14 heavy (non-hydrogen) atoms. The standard InChI is InChI=1S/C11H18N2O/c1-8-7-11(13-9(2)14)4-3-10(8)5-6-12/h3-4,7,9,13-14H,5-6,12H2,1-2H3. The van der Waals surface area contributed by atoms with Crippen molar-refractivity contribution in [2.24, 2.45) is 5.73 Å². The molecule has 0 heterocycles. The van der Waals surface area contributed by atoms with Crippen LogP contribution in [0.15, 0.2) is 18.2 Å². The lowest BCUT2D eigenvalue weighted by Gasteiger charge is -2.11. The Labute approximate surface area is 84.9 Å².